The third-order valence-electron chi connectivity index (χ3n) is 1.68. The summed E-state index contributed by atoms with van der Waals surface area (Å²) in [5.41, 5.74) is 5.34. The average Bonchev–Trinajstić information content (AvgIpc) is 2.21. The van der Waals surface area contributed by atoms with Crippen LogP contribution in [-0.2, 0) is 0 Å². The minimum Gasteiger partial charge on any atom is -0.429 e. The fourth-order valence-corrected chi connectivity index (χ4v) is 1.15. The van der Waals surface area contributed by atoms with Crippen molar-refractivity contribution in [2.24, 2.45) is 5.73 Å². The maximum Gasteiger partial charge on any atom is 0.387 e. The molecule has 0 saturated carbocycles. The normalized spacial score (nSPS) is 12.0. The fraction of sp³-hybridized carbons (Fsp3) is 0.111. The zero-order valence-electron chi connectivity index (χ0n) is 7.75. The van der Waals surface area contributed by atoms with Gasteiger partial charge in [-0.05, 0) is 17.5 Å². The molecular formula is C9H7F4NOS. The molecule has 1 aromatic rings. The zero-order chi connectivity index (χ0) is 12.3. The molecule has 0 aliphatic carbocycles. The molecule has 0 atom stereocenters. The first-order valence-corrected chi connectivity index (χ1v) is 4.51. The van der Waals surface area contributed by atoms with Gasteiger partial charge in [0.25, 0.3) is 0 Å². The van der Waals surface area contributed by atoms with E-state index in [-0.39, 0.29) is 11.3 Å². The van der Waals surface area contributed by atoms with Crippen LogP contribution in [-0.4, -0.2) is 6.61 Å². The largest absolute Gasteiger partial charge is 0.429 e. The Morgan fingerprint density at radius 3 is 2.19 bits per heavy atom. The fourth-order valence-electron chi connectivity index (χ4n) is 1.00. The maximum atomic E-state index is 13.2. The Morgan fingerprint density at radius 1 is 1.31 bits per heavy atom. The number of halogens is 4. The van der Waals surface area contributed by atoms with Crippen molar-refractivity contribution in [1.29, 1.82) is 0 Å². The summed E-state index contributed by atoms with van der Waals surface area (Å²) in [4.78, 5) is 0. The van der Waals surface area contributed by atoms with Gasteiger partial charge in [0.2, 0.25) is 0 Å². The van der Waals surface area contributed by atoms with E-state index in [2.05, 4.69) is 17.4 Å². The van der Waals surface area contributed by atoms with Crippen molar-refractivity contribution >= 4 is 18.3 Å². The van der Waals surface area contributed by atoms with E-state index in [9.17, 15) is 17.6 Å². The molecule has 0 aliphatic rings. The quantitative estimate of drug-likeness (QED) is 0.641. The van der Waals surface area contributed by atoms with Crippen LogP contribution in [0.5, 0.6) is 5.75 Å². The second-order valence-electron chi connectivity index (χ2n) is 2.73. The van der Waals surface area contributed by atoms with Crippen molar-refractivity contribution in [3.63, 3.8) is 0 Å². The number of hydrogen-bond donors (Lipinski definition) is 2. The van der Waals surface area contributed by atoms with Crippen molar-refractivity contribution in [2.75, 3.05) is 0 Å². The van der Waals surface area contributed by atoms with Gasteiger partial charge >= 0.3 is 6.61 Å². The lowest BCUT2D eigenvalue weighted by Gasteiger charge is -2.09. The predicted molar refractivity (Wildman–Crippen MR) is 54.1 cm³/mol. The topological polar surface area (TPSA) is 35.2 Å². The summed E-state index contributed by atoms with van der Waals surface area (Å²) in [6.45, 7) is -3.30. The first kappa shape index (κ1) is 12.7. The van der Waals surface area contributed by atoms with Crippen LogP contribution in [0.25, 0.3) is 5.70 Å². The highest BCUT2D eigenvalue weighted by molar-refractivity contribution is 7.83. The predicted octanol–water partition coefficient (Wildman–Crippen LogP) is 2.75. The summed E-state index contributed by atoms with van der Waals surface area (Å²) >= 11 is 3.69. The standard InChI is InChI=1S/C9H7F4NOS/c10-5-1-4(7(14)3-16)2-6(11)8(5)15-9(12)13/h1-3,9,16H,14H2/b7-3-. The maximum absolute atomic E-state index is 13.2. The number of benzene rings is 1. The molecule has 0 saturated heterocycles. The van der Waals surface area contributed by atoms with Crippen molar-refractivity contribution in [3.8, 4) is 5.75 Å². The van der Waals surface area contributed by atoms with Gasteiger partial charge in [-0.3, -0.25) is 0 Å². The Bertz CT molecular complexity index is 399. The third-order valence-corrected chi connectivity index (χ3v) is 1.96. The van der Waals surface area contributed by atoms with E-state index in [0.717, 1.165) is 17.5 Å². The Labute approximate surface area is 94.1 Å². The van der Waals surface area contributed by atoms with Gasteiger partial charge in [0, 0.05) is 11.3 Å². The molecule has 0 heterocycles. The summed E-state index contributed by atoms with van der Waals surface area (Å²) < 4.78 is 53.6. The van der Waals surface area contributed by atoms with Gasteiger partial charge in [0.1, 0.15) is 0 Å². The number of nitrogens with two attached hydrogens (primary N) is 1. The number of rotatable bonds is 3. The Hall–Kier alpha value is -1.37. The second kappa shape index (κ2) is 5.11. The molecule has 1 aromatic carbocycles. The molecule has 88 valence electrons. The van der Waals surface area contributed by atoms with Gasteiger partial charge < -0.3 is 10.5 Å². The van der Waals surface area contributed by atoms with Gasteiger partial charge in [-0.2, -0.15) is 8.78 Å². The van der Waals surface area contributed by atoms with Crippen LogP contribution in [0, 0.1) is 11.6 Å². The van der Waals surface area contributed by atoms with E-state index in [4.69, 9.17) is 5.73 Å². The van der Waals surface area contributed by atoms with Crippen molar-refractivity contribution in [3.05, 3.63) is 34.7 Å². The highest BCUT2D eigenvalue weighted by Gasteiger charge is 2.17. The lowest BCUT2D eigenvalue weighted by atomic mass is 10.1. The summed E-state index contributed by atoms with van der Waals surface area (Å²) in [6, 6.07) is 1.56. The van der Waals surface area contributed by atoms with Crippen LogP contribution >= 0.6 is 12.6 Å². The lowest BCUT2D eigenvalue weighted by Crippen LogP contribution is -2.07. The Morgan fingerprint density at radius 2 is 1.81 bits per heavy atom. The molecule has 2 N–H and O–H groups in total. The van der Waals surface area contributed by atoms with Crippen LogP contribution in [0.2, 0.25) is 0 Å². The minimum absolute atomic E-state index is 0.00438. The molecule has 0 fully saturated rings. The number of ether oxygens (including phenoxy) is 1. The summed E-state index contributed by atoms with van der Waals surface area (Å²) in [5, 5.41) is 1.13. The van der Waals surface area contributed by atoms with E-state index in [1.807, 2.05) is 0 Å². The van der Waals surface area contributed by atoms with Crippen molar-refractivity contribution < 1.29 is 22.3 Å². The van der Waals surface area contributed by atoms with Gasteiger partial charge in [-0.15, -0.1) is 12.6 Å². The van der Waals surface area contributed by atoms with E-state index < -0.39 is 24.0 Å². The molecular weight excluding hydrogens is 246 g/mol. The van der Waals surface area contributed by atoms with Crippen LogP contribution in [0.3, 0.4) is 0 Å². The molecule has 16 heavy (non-hydrogen) atoms. The smallest absolute Gasteiger partial charge is 0.387 e. The van der Waals surface area contributed by atoms with Crippen LogP contribution in [0.4, 0.5) is 17.6 Å². The Kier molecular flexibility index (Phi) is 4.05. The molecule has 0 aromatic heterocycles. The molecule has 7 heteroatoms. The second-order valence-corrected chi connectivity index (χ2v) is 2.99. The lowest BCUT2D eigenvalue weighted by molar-refractivity contribution is -0.0546. The zero-order valence-corrected chi connectivity index (χ0v) is 8.65. The van der Waals surface area contributed by atoms with Gasteiger partial charge in [0.15, 0.2) is 17.4 Å². The van der Waals surface area contributed by atoms with Crippen LogP contribution < -0.4 is 10.5 Å². The Balaban J connectivity index is 3.17. The summed E-state index contributed by atoms with van der Waals surface area (Å²) in [6.07, 6.45) is 0. The molecule has 2 nitrogen and oxygen atoms in total. The average molecular weight is 253 g/mol. The number of hydrogen-bond acceptors (Lipinski definition) is 3. The monoisotopic (exact) mass is 253 g/mol. The highest BCUT2D eigenvalue weighted by atomic mass is 32.1. The van der Waals surface area contributed by atoms with Crippen molar-refractivity contribution in [1.82, 2.24) is 0 Å². The van der Waals surface area contributed by atoms with Gasteiger partial charge in [-0.25, -0.2) is 8.78 Å². The molecule has 0 unspecified atom stereocenters. The molecule has 0 radical (unpaired) electrons. The van der Waals surface area contributed by atoms with Gasteiger partial charge in [-0.1, -0.05) is 0 Å². The molecule has 0 spiro atoms. The van der Waals surface area contributed by atoms with E-state index in [1.54, 1.807) is 0 Å². The molecule has 0 amide bonds. The molecule has 0 bridgehead atoms. The SMILES string of the molecule is N/C(=C\S)c1cc(F)c(OC(F)F)c(F)c1. The van der Waals surface area contributed by atoms with Crippen LogP contribution in [0.15, 0.2) is 17.5 Å². The summed E-state index contributed by atoms with van der Waals surface area (Å²) in [7, 11) is 0. The van der Waals surface area contributed by atoms with Gasteiger partial charge in [0.05, 0.1) is 0 Å². The highest BCUT2D eigenvalue weighted by Crippen LogP contribution is 2.26. The minimum atomic E-state index is -3.30. The first-order chi connectivity index (χ1) is 7.45. The number of alkyl halides is 2. The molecule has 0 aliphatic heterocycles. The van der Waals surface area contributed by atoms with E-state index in [1.165, 1.54) is 0 Å². The van der Waals surface area contributed by atoms with E-state index in [0.29, 0.717) is 0 Å². The van der Waals surface area contributed by atoms with Crippen LogP contribution in [0.1, 0.15) is 5.56 Å². The van der Waals surface area contributed by atoms with E-state index >= 15 is 0 Å². The van der Waals surface area contributed by atoms with Crippen molar-refractivity contribution in [2.45, 2.75) is 6.61 Å². The molecule has 1 rings (SSSR count). The number of thiol groups is 1. The third kappa shape index (κ3) is 2.82. The first-order valence-electron chi connectivity index (χ1n) is 3.99. The summed E-state index contributed by atoms with van der Waals surface area (Å²) in [5.74, 6) is -3.65.